The maximum Gasteiger partial charge on any atom is 0.139 e. The molecule has 2 aromatic rings. The third-order valence-corrected chi connectivity index (χ3v) is 4.97. The number of alkyl halides is 1. The fraction of sp³-hybridized carbons (Fsp3) is 0.533. The number of fused-ring (bicyclic) bond motifs is 1. The minimum absolute atomic E-state index is 0.221. The summed E-state index contributed by atoms with van der Waals surface area (Å²) in [6, 6.07) is 3.55. The zero-order valence-corrected chi connectivity index (χ0v) is 14.3. The molecule has 1 heterocycles. The highest BCUT2D eigenvalue weighted by molar-refractivity contribution is 9.10. The number of hydrogen-bond acceptors (Lipinski definition) is 2. The van der Waals surface area contributed by atoms with Gasteiger partial charge in [0.15, 0.2) is 0 Å². The van der Waals surface area contributed by atoms with Gasteiger partial charge >= 0.3 is 0 Å². The highest BCUT2D eigenvalue weighted by atomic mass is 79.9. The van der Waals surface area contributed by atoms with Gasteiger partial charge in [0, 0.05) is 19.2 Å². The van der Waals surface area contributed by atoms with Crippen LogP contribution < -0.4 is 0 Å². The Morgan fingerprint density at radius 2 is 2.24 bits per heavy atom. The fourth-order valence-corrected chi connectivity index (χ4v) is 3.62. The normalized spacial score (nSPS) is 23.9. The Bertz CT molecular complexity index is 673. The number of benzene rings is 1. The van der Waals surface area contributed by atoms with Gasteiger partial charge in [-0.3, -0.25) is 0 Å². The predicted molar refractivity (Wildman–Crippen MR) is 85.3 cm³/mol. The van der Waals surface area contributed by atoms with Gasteiger partial charge in [0.25, 0.3) is 0 Å². The van der Waals surface area contributed by atoms with E-state index in [1.165, 1.54) is 6.07 Å². The zero-order valence-electron chi connectivity index (χ0n) is 11.9. The summed E-state index contributed by atoms with van der Waals surface area (Å²) in [5.41, 5.74) is 1.58. The monoisotopic (exact) mass is 374 g/mol. The van der Waals surface area contributed by atoms with E-state index in [1.54, 1.807) is 13.2 Å². The molecule has 1 aromatic carbocycles. The SMILES string of the molecule is COC1CCC(n2c(C(C)Cl)nc3cc(F)c(Br)cc32)C1. The lowest BCUT2D eigenvalue weighted by atomic mass is 10.2. The summed E-state index contributed by atoms with van der Waals surface area (Å²) in [5, 5.41) is -0.221. The molecule has 0 bridgehead atoms. The Kier molecular flexibility index (Phi) is 4.26. The molecular weight excluding hydrogens is 359 g/mol. The first-order valence-corrected chi connectivity index (χ1v) is 8.28. The molecule has 6 heteroatoms. The van der Waals surface area contributed by atoms with Crippen molar-refractivity contribution in [3.05, 3.63) is 28.2 Å². The van der Waals surface area contributed by atoms with E-state index in [1.807, 2.05) is 6.92 Å². The number of aromatic nitrogens is 2. The second-order valence-electron chi connectivity index (χ2n) is 5.54. The zero-order chi connectivity index (χ0) is 15.1. The van der Waals surface area contributed by atoms with Crippen LogP contribution in [0.4, 0.5) is 4.39 Å². The summed E-state index contributed by atoms with van der Waals surface area (Å²) in [6.07, 6.45) is 3.26. The topological polar surface area (TPSA) is 27.1 Å². The maximum absolute atomic E-state index is 13.7. The van der Waals surface area contributed by atoms with Crippen molar-refractivity contribution in [2.75, 3.05) is 7.11 Å². The van der Waals surface area contributed by atoms with E-state index in [9.17, 15) is 4.39 Å². The van der Waals surface area contributed by atoms with E-state index < -0.39 is 0 Å². The van der Waals surface area contributed by atoms with E-state index in [0.717, 1.165) is 30.6 Å². The van der Waals surface area contributed by atoms with Crippen molar-refractivity contribution >= 4 is 38.6 Å². The van der Waals surface area contributed by atoms with Crippen molar-refractivity contribution in [3.8, 4) is 0 Å². The van der Waals surface area contributed by atoms with Crippen LogP contribution in [0, 0.1) is 5.82 Å². The largest absolute Gasteiger partial charge is 0.381 e. The molecule has 0 amide bonds. The summed E-state index contributed by atoms with van der Waals surface area (Å²) in [6.45, 7) is 1.90. The number of halogens is 3. The Labute approximate surface area is 136 Å². The van der Waals surface area contributed by atoms with Crippen LogP contribution in [0.2, 0.25) is 0 Å². The number of imidazole rings is 1. The van der Waals surface area contributed by atoms with Crippen LogP contribution >= 0.6 is 27.5 Å². The van der Waals surface area contributed by atoms with E-state index in [2.05, 4.69) is 25.5 Å². The van der Waals surface area contributed by atoms with Gasteiger partial charge in [-0.05, 0) is 48.2 Å². The third kappa shape index (κ3) is 2.71. The quantitative estimate of drug-likeness (QED) is 0.708. The Morgan fingerprint density at radius 1 is 1.48 bits per heavy atom. The smallest absolute Gasteiger partial charge is 0.139 e. The highest BCUT2D eigenvalue weighted by Crippen LogP contribution is 2.38. The molecule has 0 radical (unpaired) electrons. The van der Waals surface area contributed by atoms with Gasteiger partial charge in [-0.25, -0.2) is 9.37 Å². The summed E-state index contributed by atoms with van der Waals surface area (Å²) < 4.78 is 21.8. The number of rotatable bonds is 3. The van der Waals surface area contributed by atoms with Gasteiger partial charge in [-0.2, -0.15) is 0 Å². The molecule has 114 valence electrons. The summed E-state index contributed by atoms with van der Waals surface area (Å²) in [4.78, 5) is 4.54. The maximum atomic E-state index is 13.7. The van der Waals surface area contributed by atoms with E-state index in [0.29, 0.717) is 16.0 Å². The molecule has 21 heavy (non-hydrogen) atoms. The van der Waals surface area contributed by atoms with Crippen molar-refractivity contribution in [1.82, 2.24) is 9.55 Å². The molecule has 0 N–H and O–H groups in total. The summed E-state index contributed by atoms with van der Waals surface area (Å²) in [7, 11) is 1.75. The van der Waals surface area contributed by atoms with Crippen LogP contribution in [0.3, 0.4) is 0 Å². The standard InChI is InChI=1S/C15H17BrClFN2O/c1-8(17)15-19-13-7-12(18)11(16)6-14(13)20(15)9-3-4-10(5-9)21-2/h6-10H,3-5H2,1-2H3. The average Bonchev–Trinajstić information content (AvgIpc) is 3.03. The van der Waals surface area contributed by atoms with Crippen molar-refractivity contribution in [1.29, 1.82) is 0 Å². The Balaban J connectivity index is 2.14. The van der Waals surface area contributed by atoms with E-state index in [4.69, 9.17) is 16.3 Å². The molecule has 1 aliphatic rings. The molecule has 0 spiro atoms. The van der Waals surface area contributed by atoms with Crippen LogP contribution in [-0.2, 0) is 4.74 Å². The minimum Gasteiger partial charge on any atom is -0.381 e. The first kappa shape index (κ1) is 15.3. The fourth-order valence-electron chi connectivity index (χ4n) is 3.14. The molecule has 0 aliphatic heterocycles. The molecular formula is C15H17BrClFN2O. The second-order valence-corrected chi connectivity index (χ2v) is 7.04. The third-order valence-electron chi connectivity index (χ3n) is 4.17. The van der Waals surface area contributed by atoms with Crippen LogP contribution in [-0.4, -0.2) is 22.8 Å². The Hall–Kier alpha value is -0.650. The lowest BCUT2D eigenvalue weighted by Crippen LogP contribution is -2.12. The average molecular weight is 376 g/mol. The minimum atomic E-state index is -0.304. The molecule has 3 unspecified atom stereocenters. The van der Waals surface area contributed by atoms with E-state index in [-0.39, 0.29) is 17.3 Å². The summed E-state index contributed by atoms with van der Waals surface area (Å²) in [5.74, 6) is 0.494. The van der Waals surface area contributed by atoms with Crippen LogP contribution in [0.25, 0.3) is 11.0 Å². The molecule has 3 rings (SSSR count). The number of hydrogen-bond donors (Lipinski definition) is 0. The predicted octanol–water partition coefficient (Wildman–Crippen LogP) is 4.98. The van der Waals surface area contributed by atoms with Crippen molar-refractivity contribution < 1.29 is 9.13 Å². The van der Waals surface area contributed by atoms with Gasteiger partial charge in [-0.15, -0.1) is 11.6 Å². The van der Waals surface area contributed by atoms with Gasteiger partial charge in [0.2, 0.25) is 0 Å². The van der Waals surface area contributed by atoms with Gasteiger partial charge in [0.1, 0.15) is 11.6 Å². The number of methoxy groups -OCH3 is 1. The van der Waals surface area contributed by atoms with Crippen molar-refractivity contribution in [2.45, 2.75) is 43.7 Å². The molecule has 0 saturated heterocycles. The van der Waals surface area contributed by atoms with Gasteiger partial charge in [0.05, 0.1) is 27.0 Å². The van der Waals surface area contributed by atoms with Crippen LogP contribution in [0.5, 0.6) is 0 Å². The molecule has 1 aromatic heterocycles. The lowest BCUT2D eigenvalue weighted by Gasteiger charge is -2.18. The molecule has 1 saturated carbocycles. The van der Waals surface area contributed by atoms with Crippen molar-refractivity contribution in [2.24, 2.45) is 0 Å². The lowest BCUT2D eigenvalue weighted by molar-refractivity contribution is 0.106. The highest BCUT2D eigenvalue weighted by Gasteiger charge is 2.30. The number of nitrogens with zero attached hydrogens (tertiary/aromatic N) is 2. The van der Waals surface area contributed by atoms with E-state index >= 15 is 0 Å². The summed E-state index contributed by atoms with van der Waals surface area (Å²) >= 11 is 9.55. The first-order valence-electron chi connectivity index (χ1n) is 7.05. The molecule has 3 nitrogen and oxygen atoms in total. The van der Waals surface area contributed by atoms with Gasteiger partial charge < -0.3 is 9.30 Å². The number of ether oxygens (including phenoxy) is 1. The molecule has 1 fully saturated rings. The molecule has 1 aliphatic carbocycles. The Morgan fingerprint density at radius 3 is 2.86 bits per heavy atom. The van der Waals surface area contributed by atoms with Gasteiger partial charge in [-0.1, -0.05) is 0 Å². The first-order chi connectivity index (χ1) is 10.0. The molecule has 3 atom stereocenters. The van der Waals surface area contributed by atoms with Crippen LogP contribution in [0.15, 0.2) is 16.6 Å². The van der Waals surface area contributed by atoms with Crippen molar-refractivity contribution in [3.63, 3.8) is 0 Å². The van der Waals surface area contributed by atoms with Crippen LogP contribution in [0.1, 0.15) is 43.4 Å². The second kappa shape index (κ2) is 5.86.